The number of carbonyl (C=O) groups excluding carboxylic acids is 1. The molecule has 0 saturated carbocycles. The average molecular weight is 252 g/mol. The van der Waals surface area contributed by atoms with Gasteiger partial charge in [0.15, 0.2) is 5.78 Å². The third kappa shape index (κ3) is 2.19. The van der Waals surface area contributed by atoms with E-state index in [0.29, 0.717) is 6.61 Å². The van der Waals surface area contributed by atoms with E-state index >= 15 is 0 Å². The molecule has 2 rings (SSSR count). The van der Waals surface area contributed by atoms with Gasteiger partial charge < -0.3 is 4.74 Å². The maximum Gasteiger partial charge on any atom is 0.180 e. The number of carbonyl (C=O) groups is 1. The fourth-order valence-corrected chi connectivity index (χ4v) is 4.79. The Morgan fingerprint density at radius 3 is 2.62 bits per heavy atom. The summed E-state index contributed by atoms with van der Waals surface area (Å²) in [5.74, 6) is 0.187. The van der Waals surface area contributed by atoms with E-state index in [0.717, 1.165) is 16.3 Å². The number of Topliss-reactive ketones (excluding diaryl/α,β-unsaturated/α-hetero) is 1. The second-order valence-corrected chi connectivity index (χ2v) is 10.8. The third-order valence-corrected chi connectivity index (χ3v) is 5.44. The van der Waals surface area contributed by atoms with Gasteiger partial charge in [-0.2, -0.15) is 11.3 Å². The highest BCUT2D eigenvalue weighted by Gasteiger charge is 2.32. The Bertz CT molecular complexity index is 426. The van der Waals surface area contributed by atoms with E-state index in [1.807, 2.05) is 5.38 Å². The summed E-state index contributed by atoms with van der Waals surface area (Å²) in [6, 6.07) is 2.07. The monoisotopic (exact) mass is 252 g/mol. The zero-order valence-electron chi connectivity index (χ0n) is 9.87. The fourth-order valence-electron chi connectivity index (χ4n) is 2.09. The molecule has 1 aromatic rings. The molecule has 0 spiro atoms. The summed E-state index contributed by atoms with van der Waals surface area (Å²) in [5.41, 5.74) is 2.28. The first-order valence-electron chi connectivity index (χ1n) is 5.37. The standard InChI is InChI=1S/C12H16O2SSi/c1-16(2,3)12-10(6-14-7-11(12)13)9-4-5-15-8-9/h4-5,8H,6-7H2,1-3H3. The molecule has 0 aromatic carbocycles. The van der Waals surface area contributed by atoms with Crippen LogP contribution in [0.4, 0.5) is 0 Å². The summed E-state index contributed by atoms with van der Waals surface area (Å²) in [4.78, 5) is 12.0. The van der Waals surface area contributed by atoms with Gasteiger partial charge in [0.05, 0.1) is 14.7 Å². The van der Waals surface area contributed by atoms with Crippen molar-refractivity contribution in [1.82, 2.24) is 0 Å². The quantitative estimate of drug-likeness (QED) is 0.756. The summed E-state index contributed by atoms with van der Waals surface area (Å²) < 4.78 is 5.36. The van der Waals surface area contributed by atoms with E-state index in [1.165, 1.54) is 0 Å². The molecule has 2 heterocycles. The summed E-state index contributed by atoms with van der Waals surface area (Å²) in [6.45, 7) is 7.50. The Kier molecular flexibility index (Phi) is 3.14. The van der Waals surface area contributed by atoms with E-state index in [2.05, 4.69) is 31.1 Å². The molecule has 86 valence electrons. The molecule has 16 heavy (non-hydrogen) atoms. The number of ketones is 1. The van der Waals surface area contributed by atoms with Gasteiger partial charge in [0, 0.05) is 0 Å². The number of rotatable bonds is 2. The topological polar surface area (TPSA) is 26.3 Å². The zero-order chi connectivity index (χ0) is 11.8. The lowest BCUT2D eigenvalue weighted by molar-refractivity contribution is -0.119. The molecule has 0 bridgehead atoms. The minimum absolute atomic E-state index is 0.187. The van der Waals surface area contributed by atoms with Crippen LogP contribution in [0.5, 0.6) is 0 Å². The largest absolute Gasteiger partial charge is 0.369 e. The lowest BCUT2D eigenvalue weighted by Crippen LogP contribution is -2.36. The number of thiophene rings is 1. The van der Waals surface area contributed by atoms with Crippen LogP contribution in [0.1, 0.15) is 5.56 Å². The van der Waals surface area contributed by atoms with Gasteiger partial charge in [0.1, 0.15) is 6.61 Å². The maximum atomic E-state index is 12.0. The van der Waals surface area contributed by atoms with E-state index in [1.54, 1.807) is 11.3 Å². The third-order valence-electron chi connectivity index (χ3n) is 2.68. The second-order valence-electron chi connectivity index (χ2n) is 5.03. The Morgan fingerprint density at radius 1 is 1.31 bits per heavy atom. The zero-order valence-corrected chi connectivity index (χ0v) is 11.7. The lowest BCUT2D eigenvalue weighted by Gasteiger charge is -2.27. The van der Waals surface area contributed by atoms with Crippen LogP contribution >= 0.6 is 11.3 Å². The lowest BCUT2D eigenvalue weighted by atomic mass is 10.1. The van der Waals surface area contributed by atoms with E-state index in [4.69, 9.17) is 4.74 Å². The molecule has 0 amide bonds. The van der Waals surface area contributed by atoms with Gasteiger partial charge in [-0.15, -0.1) is 0 Å². The molecule has 0 aliphatic carbocycles. The molecule has 1 aliphatic rings. The number of ether oxygens (including phenoxy) is 1. The van der Waals surface area contributed by atoms with Crippen molar-refractivity contribution in [3.63, 3.8) is 0 Å². The Hall–Kier alpha value is -0.713. The van der Waals surface area contributed by atoms with Gasteiger partial charge in [0.2, 0.25) is 0 Å². The van der Waals surface area contributed by atoms with Crippen LogP contribution in [0.2, 0.25) is 19.6 Å². The molecule has 0 fully saturated rings. The minimum atomic E-state index is -1.58. The van der Waals surface area contributed by atoms with Gasteiger partial charge in [-0.1, -0.05) is 19.6 Å². The summed E-state index contributed by atoms with van der Waals surface area (Å²) >= 11 is 1.66. The molecule has 1 aromatic heterocycles. The van der Waals surface area contributed by atoms with E-state index in [-0.39, 0.29) is 12.4 Å². The summed E-state index contributed by atoms with van der Waals surface area (Å²) in [6.07, 6.45) is 0. The molecule has 2 nitrogen and oxygen atoms in total. The van der Waals surface area contributed by atoms with Crippen LogP contribution < -0.4 is 0 Å². The van der Waals surface area contributed by atoms with Gasteiger partial charge in [-0.25, -0.2) is 0 Å². The maximum absolute atomic E-state index is 12.0. The van der Waals surface area contributed by atoms with Crippen molar-refractivity contribution in [3.8, 4) is 0 Å². The van der Waals surface area contributed by atoms with Crippen molar-refractivity contribution in [1.29, 1.82) is 0 Å². The normalized spacial score (nSPS) is 18.1. The van der Waals surface area contributed by atoms with E-state index in [9.17, 15) is 4.79 Å². The molecule has 0 N–H and O–H groups in total. The van der Waals surface area contributed by atoms with Crippen molar-refractivity contribution in [2.75, 3.05) is 13.2 Å². The van der Waals surface area contributed by atoms with Crippen LogP contribution in [-0.2, 0) is 9.53 Å². The SMILES string of the molecule is C[Si](C)(C)C1=C(c2ccsc2)COCC1=O. The van der Waals surface area contributed by atoms with Gasteiger partial charge >= 0.3 is 0 Å². The molecule has 1 aliphatic heterocycles. The van der Waals surface area contributed by atoms with Crippen molar-refractivity contribution < 1.29 is 9.53 Å². The fraction of sp³-hybridized carbons (Fsp3) is 0.417. The molecule has 0 atom stereocenters. The molecule has 0 saturated heterocycles. The predicted octanol–water partition coefficient (Wildman–Crippen LogP) is 2.98. The molecular formula is C12H16O2SSi. The molecule has 0 unspecified atom stereocenters. The predicted molar refractivity (Wildman–Crippen MR) is 70.4 cm³/mol. The van der Waals surface area contributed by atoms with Gasteiger partial charge in [-0.3, -0.25) is 4.79 Å². The minimum Gasteiger partial charge on any atom is -0.369 e. The van der Waals surface area contributed by atoms with Crippen LogP contribution in [-0.4, -0.2) is 27.1 Å². The van der Waals surface area contributed by atoms with Crippen LogP contribution in [0, 0.1) is 0 Å². The number of hydrogen-bond donors (Lipinski definition) is 0. The van der Waals surface area contributed by atoms with Crippen molar-refractivity contribution >= 4 is 30.8 Å². The van der Waals surface area contributed by atoms with Gasteiger partial charge in [-0.05, 0) is 33.2 Å². The highest BCUT2D eigenvalue weighted by atomic mass is 32.1. The Labute approximate surface area is 101 Å². The summed E-state index contributed by atoms with van der Waals surface area (Å²) in [7, 11) is -1.58. The van der Waals surface area contributed by atoms with Crippen LogP contribution in [0.15, 0.2) is 22.0 Å². The van der Waals surface area contributed by atoms with Crippen LogP contribution in [0.25, 0.3) is 5.57 Å². The van der Waals surface area contributed by atoms with Crippen LogP contribution in [0.3, 0.4) is 0 Å². The van der Waals surface area contributed by atoms with Crippen molar-refractivity contribution in [2.45, 2.75) is 19.6 Å². The Morgan fingerprint density at radius 2 is 2.06 bits per heavy atom. The van der Waals surface area contributed by atoms with Gasteiger partial charge in [0.25, 0.3) is 0 Å². The molecular weight excluding hydrogens is 236 g/mol. The molecule has 0 radical (unpaired) electrons. The smallest absolute Gasteiger partial charge is 0.180 e. The van der Waals surface area contributed by atoms with Crippen molar-refractivity contribution in [2.24, 2.45) is 0 Å². The Balaban J connectivity index is 2.55. The first-order valence-corrected chi connectivity index (χ1v) is 9.81. The first kappa shape index (κ1) is 11.8. The molecule has 4 heteroatoms. The average Bonchev–Trinajstić information content (AvgIpc) is 2.67. The number of hydrogen-bond acceptors (Lipinski definition) is 3. The highest BCUT2D eigenvalue weighted by Crippen LogP contribution is 2.30. The highest BCUT2D eigenvalue weighted by molar-refractivity contribution is 7.08. The van der Waals surface area contributed by atoms with Crippen molar-refractivity contribution in [3.05, 3.63) is 27.6 Å². The van der Waals surface area contributed by atoms with E-state index < -0.39 is 8.07 Å². The first-order chi connectivity index (χ1) is 7.50. The second kappa shape index (κ2) is 4.28. The summed E-state index contributed by atoms with van der Waals surface area (Å²) in [5, 5.41) is 5.21.